The minimum absolute atomic E-state index is 0.0432. The predicted molar refractivity (Wildman–Crippen MR) is 83.9 cm³/mol. The van der Waals surface area contributed by atoms with Crippen molar-refractivity contribution in [2.45, 2.75) is 11.8 Å². The van der Waals surface area contributed by atoms with Crippen molar-refractivity contribution < 1.29 is 14.6 Å². The summed E-state index contributed by atoms with van der Waals surface area (Å²) in [5.41, 5.74) is 1.58. The Morgan fingerprint density at radius 2 is 2.05 bits per heavy atom. The highest BCUT2D eigenvalue weighted by atomic mass is 32.2. The lowest BCUT2D eigenvalue weighted by atomic mass is 10.1. The number of Topliss-reactive ketones (excluding diaryl/α,β-unsaturated/α-hetero) is 1. The highest BCUT2D eigenvalue weighted by molar-refractivity contribution is 8.04. The molecule has 3 nitrogen and oxygen atoms in total. The van der Waals surface area contributed by atoms with Crippen LogP contribution in [-0.2, 0) is 0 Å². The number of fused-ring (bicyclic) bond motifs is 1. The van der Waals surface area contributed by atoms with E-state index in [0.29, 0.717) is 17.3 Å². The van der Waals surface area contributed by atoms with E-state index in [9.17, 15) is 9.90 Å². The van der Waals surface area contributed by atoms with E-state index in [4.69, 9.17) is 4.74 Å². The third-order valence-corrected chi connectivity index (χ3v) is 4.26. The van der Waals surface area contributed by atoms with Crippen LogP contribution in [0, 0.1) is 0 Å². The molecule has 1 aliphatic rings. The van der Waals surface area contributed by atoms with Crippen LogP contribution < -0.4 is 4.74 Å². The van der Waals surface area contributed by atoms with Gasteiger partial charge in [-0.25, -0.2) is 0 Å². The number of carbonyl (C=O) groups is 1. The van der Waals surface area contributed by atoms with E-state index in [1.807, 2.05) is 37.3 Å². The molecule has 0 aromatic heterocycles. The zero-order valence-electron chi connectivity index (χ0n) is 11.5. The first kappa shape index (κ1) is 13.8. The van der Waals surface area contributed by atoms with E-state index >= 15 is 0 Å². The van der Waals surface area contributed by atoms with Crippen molar-refractivity contribution in [3.05, 3.63) is 58.5 Å². The van der Waals surface area contributed by atoms with Crippen LogP contribution >= 0.6 is 11.8 Å². The van der Waals surface area contributed by atoms with Crippen LogP contribution in [0.2, 0.25) is 0 Å². The molecule has 106 valence electrons. The monoisotopic (exact) mass is 298 g/mol. The van der Waals surface area contributed by atoms with Gasteiger partial charge < -0.3 is 9.84 Å². The molecule has 0 spiro atoms. The molecule has 1 N–H and O–H groups in total. The molecular formula is C17H14O3S. The maximum atomic E-state index is 12.3. The second-order valence-corrected chi connectivity index (χ2v) is 5.68. The van der Waals surface area contributed by atoms with Gasteiger partial charge in [-0.3, -0.25) is 4.79 Å². The van der Waals surface area contributed by atoms with Crippen molar-refractivity contribution in [1.82, 2.24) is 0 Å². The van der Waals surface area contributed by atoms with Crippen LogP contribution in [-0.4, -0.2) is 17.5 Å². The van der Waals surface area contributed by atoms with Gasteiger partial charge in [0.2, 0.25) is 5.78 Å². The summed E-state index contributed by atoms with van der Waals surface area (Å²) in [5.74, 6) is 0.578. The van der Waals surface area contributed by atoms with Gasteiger partial charge in [0.15, 0.2) is 11.5 Å². The Kier molecular flexibility index (Phi) is 3.71. The molecular weight excluding hydrogens is 284 g/mol. The lowest BCUT2D eigenvalue weighted by Gasteiger charge is -2.06. The Morgan fingerprint density at radius 1 is 1.24 bits per heavy atom. The molecule has 0 saturated carbocycles. The number of allylic oxidation sites excluding steroid dienone is 1. The van der Waals surface area contributed by atoms with Crippen molar-refractivity contribution in [1.29, 1.82) is 0 Å². The molecule has 1 aliphatic heterocycles. The minimum Gasteiger partial charge on any atom is -0.504 e. The summed E-state index contributed by atoms with van der Waals surface area (Å²) in [6.07, 6.45) is 1.83. The van der Waals surface area contributed by atoms with Crippen LogP contribution in [0.5, 0.6) is 11.5 Å². The first-order chi connectivity index (χ1) is 10.2. The first-order valence-corrected chi connectivity index (χ1v) is 7.50. The molecule has 0 bridgehead atoms. The highest BCUT2D eigenvalue weighted by Gasteiger charge is 2.25. The van der Waals surface area contributed by atoms with Crippen LogP contribution in [0.4, 0.5) is 0 Å². The molecule has 4 heteroatoms. The molecule has 0 radical (unpaired) electrons. The number of ketones is 1. The number of carbonyl (C=O) groups excluding carboxylic acids is 1. The van der Waals surface area contributed by atoms with Gasteiger partial charge in [0.25, 0.3) is 0 Å². The molecule has 0 saturated heterocycles. The zero-order chi connectivity index (χ0) is 14.8. The van der Waals surface area contributed by atoms with E-state index in [-0.39, 0.29) is 11.5 Å². The molecule has 21 heavy (non-hydrogen) atoms. The van der Waals surface area contributed by atoms with E-state index < -0.39 is 0 Å². The number of phenolic OH excluding ortho intramolecular Hbond substituents is 1. The van der Waals surface area contributed by atoms with Crippen LogP contribution in [0.1, 0.15) is 22.8 Å². The maximum absolute atomic E-state index is 12.3. The quantitative estimate of drug-likeness (QED) is 0.866. The average Bonchev–Trinajstić information content (AvgIpc) is 2.80. The molecule has 0 atom stereocenters. The van der Waals surface area contributed by atoms with E-state index in [2.05, 4.69) is 0 Å². The van der Waals surface area contributed by atoms with Gasteiger partial charge in [-0.2, -0.15) is 0 Å². The second-order valence-electron chi connectivity index (χ2n) is 4.60. The number of phenols is 1. The van der Waals surface area contributed by atoms with Crippen molar-refractivity contribution in [2.24, 2.45) is 0 Å². The smallest absolute Gasteiger partial charge is 0.200 e. The lowest BCUT2D eigenvalue weighted by Crippen LogP contribution is -1.94. The third kappa shape index (κ3) is 2.67. The van der Waals surface area contributed by atoms with E-state index in [1.165, 1.54) is 11.8 Å². The van der Waals surface area contributed by atoms with Crippen LogP contribution in [0.15, 0.2) is 52.3 Å². The summed E-state index contributed by atoms with van der Waals surface area (Å²) in [4.78, 5) is 14.0. The summed E-state index contributed by atoms with van der Waals surface area (Å²) in [7, 11) is 0. The molecule has 2 aromatic rings. The largest absolute Gasteiger partial charge is 0.504 e. The minimum atomic E-state index is 0.0432. The van der Waals surface area contributed by atoms with E-state index in [0.717, 1.165) is 16.0 Å². The Labute approximate surface area is 127 Å². The summed E-state index contributed by atoms with van der Waals surface area (Å²) in [6, 6.07) is 12.7. The summed E-state index contributed by atoms with van der Waals surface area (Å²) in [5, 5.41) is 9.70. The average molecular weight is 298 g/mol. The van der Waals surface area contributed by atoms with Crippen LogP contribution in [0.3, 0.4) is 0 Å². The number of aromatic hydroxyl groups is 1. The van der Waals surface area contributed by atoms with Crippen molar-refractivity contribution >= 4 is 23.6 Å². The fourth-order valence-corrected chi connectivity index (χ4v) is 3.23. The number of benzene rings is 2. The zero-order valence-corrected chi connectivity index (χ0v) is 12.3. The summed E-state index contributed by atoms with van der Waals surface area (Å²) in [6.45, 7) is 2.34. The normalized spacial score (nSPS) is 15.3. The predicted octanol–water partition coefficient (Wildman–Crippen LogP) is 4.12. The number of rotatable bonds is 3. The maximum Gasteiger partial charge on any atom is 0.200 e. The molecule has 2 aromatic carbocycles. The van der Waals surface area contributed by atoms with Gasteiger partial charge >= 0.3 is 0 Å². The van der Waals surface area contributed by atoms with E-state index in [1.54, 1.807) is 18.2 Å². The van der Waals surface area contributed by atoms with Gasteiger partial charge in [0.05, 0.1) is 11.5 Å². The Morgan fingerprint density at radius 3 is 2.81 bits per heavy atom. The Hall–Kier alpha value is -2.20. The van der Waals surface area contributed by atoms with Crippen molar-refractivity contribution in [2.75, 3.05) is 6.61 Å². The molecule has 0 unspecified atom stereocenters. The number of hydrogen-bond acceptors (Lipinski definition) is 4. The Bertz CT molecular complexity index is 735. The fraction of sp³-hybridized carbons (Fsp3) is 0.118. The van der Waals surface area contributed by atoms with Gasteiger partial charge in [-0.05, 0) is 42.8 Å². The third-order valence-electron chi connectivity index (χ3n) is 3.16. The van der Waals surface area contributed by atoms with Crippen LogP contribution in [0.25, 0.3) is 6.08 Å². The van der Waals surface area contributed by atoms with Gasteiger partial charge in [-0.15, -0.1) is 0 Å². The second kappa shape index (κ2) is 5.66. The molecule has 1 heterocycles. The SMILES string of the molecule is CCOc1cc(/C=C2\Sc3ccccc3C2=O)ccc1O. The number of thioether (sulfide) groups is 1. The van der Waals surface area contributed by atoms with Crippen molar-refractivity contribution in [3.63, 3.8) is 0 Å². The van der Waals surface area contributed by atoms with Gasteiger partial charge in [-0.1, -0.05) is 30.0 Å². The topological polar surface area (TPSA) is 46.5 Å². The fourth-order valence-electron chi connectivity index (χ4n) is 2.18. The number of hydrogen-bond donors (Lipinski definition) is 1. The highest BCUT2D eigenvalue weighted by Crippen LogP contribution is 2.41. The molecule has 0 fully saturated rings. The first-order valence-electron chi connectivity index (χ1n) is 6.68. The molecule has 0 aliphatic carbocycles. The standard InChI is InChI=1S/C17H14O3S/c1-2-20-14-9-11(7-8-13(14)18)10-16-17(19)12-5-3-4-6-15(12)21-16/h3-10,18H,2H2,1H3/b16-10-. The Balaban J connectivity index is 1.94. The lowest BCUT2D eigenvalue weighted by molar-refractivity contribution is 0.104. The van der Waals surface area contributed by atoms with Crippen molar-refractivity contribution in [3.8, 4) is 11.5 Å². The van der Waals surface area contributed by atoms with Gasteiger partial charge in [0, 0.05) is 10.5 Å². The molecule has 0 amide bonds. The summed E-state index contributed by atoms with van der Waals surface area (Å²) < 4.78 is 5.36. The summed E-state index contributed by atoms with van der Waals surface area (Å²) >= 11 is 1.47. The number of ether oxygens (including phenoxy) is 1. The molecule has 3 rings (SSSR count). The van der Waals surface area contributed by atoms with Gasteiger partial charge in [0.1, 0.15) is 0 Å².